The molecule has 0 heterocycles. The molecule has 114 valence electrons. The van der Waals surface area contributed by atoms with E-state index in [1.165, 1.54) is 12.1 Å². The number of hydrogen-bond donors (Lipinski definition) is 2. The van der Waals surface area contributed by atoms with Gasteiger partial charge in [-0.3, -0.25) is 9.59 Å². The zero-order chi connectivity index (χ0) is 15.5. The van der Waals surface area contributed by atoms with Crippen molar-refractivity contribution in [2.45, 2.75) is 32.1 Å². The van der Waals surface area contributed by atoms with Gasteiger partial charge >= 0.3 is 11.8 Å². The minimum atomic E-state index is -0.607. The van der Waals surface area contributed by atoms with Crippen LogP contribution < -0.4 is 10.6 Å². The summed E-state index contributed by atoms with van der Waals surface area (Å²) in [7, 11) is 0. The second kappa shape index (κ2) is 6.24. The maximum Gasteiger partial charge on any atom is 0.309 e. The number of carbonyl (C=O) groups is 2. The van der Waals surface area contributed by atoms with Gasteiger partial charge in [0.15, 0.2) is 0 Å². The molecule has 4 nitrogen and oxygen atoms in total. The van der Waals surface area contributed by atoms with Crippen molar-refractivity contribution in [1.29, 1.82) is 0 Å². The summed E-state index contributed by atoms with van der Waals surface area (Å²) in [4.78, 5) is 23.3. The average Bonchev–Trinajstić information content (AvgIpc) is 3.24. The van der Waals surface area contributed by atoms with Gasteiger partial charge in [0.2, 0.25) is 0 Å². The Balaban J connectivity index is 1.86. The minimum absolute atomic E-state index is 0.137. The van der Waals surface area contributed by atoms with E-state index in [-0.39, 0.29) is 11.2 Å². The van der Waals surface area contributed by atoms with Crippen LogP contribution in [-0.2, 0) is 15.0 Å². The summed E-state index contributed by atoms with van der Waals surface area (Å²) in [5.74, 6) is -1.18. The van der Waals surface area contributed by atoms with Crippen molar-refractivity contribution >= 4 is 11.8 Å². The number of carbonyl (C=O) groups excluding carboxylic acids is 2. The molecule has 1 aliphatic carbocycles. The molecule has 1 aliphatic rings. The van der Waals surface area contributed by atoms with Crippen LogP contribution in [-0.4, -0.2) is 24.9 Å². The average molecular weight is 292 g/mol. The Bertz CT molecular complexity index is 522. The van der Waals surface area contributed by atoms with Crippen molar-refractivity contribution in [2.24, 2.45) is 5.92 Å². The topological polar surface area (TPSA) is 58.2 Å². The highest BCUT2D eigenvalue weighted by atomic mass is 19.1. The number of rotatable bonds is 5. The van der Waals surface area contributed by atoms with E-state index < -0.39 is 11.8 Å². The Labute approximate surface area is 124 Å². The molecule has 0 atom stereocenters. The molecule has 0 radical (unpaired) electrons. The molecule has 1 aromatic rings. The molecule has 1 fully saturated rings. The molecule has 2 N–H and O–H groups in total. The van der Waals surface area contributed by atoms with Crippen LogP contribution in [0.4, 0.5) is 4.39 Å². The summed E-state index contributed by atoms with van der Waals surface area (Å²) in [6.07, 6.45) is 1.87. The van der Waals surface area contributed by atoms with Crippen molar-refractivity contribution in [2.75, 3.05) is 13.1 Å². The van der Waals surface area contributed by atoms with Gasteiger partial charge in [-0.1, -0.05) is 26.0 Å². The normalized spacial score (nSPS) is 15.6. The molecular formula is C16H21FN2O2. The highest BCUT2D eigenvalue weighted by molar-refractivity contribution is 6.35. The molecular weight excluding hydrogens is 271 g/mol. The number of hydrogen-bond acceptors (Lipinski definition) is 2. The second-order valence-electron chi connectivity index (χ2n) is 6.07. The van der Waals surface area contributed by atoms with E-state index in [4.69, 9.17) is 0 Å². The predicted molar refractivity (Wildman–Crippen MR) is 78.2 cm³/mol. The van der Waals surface area contributed by atoms with Crippen LogP contribution in [0.15, 0.2) is 24.3 Å². The lowest BCUT2D eigenvalue weighted by molar-refractivity contribution is -0.139. The predicted octanol–water partition coefficient (Wildman–Crippen LogP) is 1.75. The van der Waals surface area contributed by atoms with E-state index >= 15 is 0 Å². The molecule has 1 saturated carbocycles. The van der Waals surface area contributed by atoms with E-state index in [0.717, 1.165) is 18.4 Å². The molecule has 0 aromatic heterocycles. The molecule has 2 amide bonds. The van der Waals surface area contributed by atoms with Crippen LogP contribution in [0.3, 0.4) is 0 Å². The first-order chi connectivity index (χ1) is 9.93. The summed E-state index contributed by atoms with van der Waals surface area (Å²) in [5, 5.41) is 5.26. The fourth-order valence-electron chi connectivity index (χ4n) is 2.23. The summed E-state index contributed by atoms with van der Waals surface area (Å²) in [6, 6.07) is 6.33. The Hall–Kier alpha value is -1.91. The van der Waals surface area contributed by atoms with Gasteiger partial charge in [-0.25, -0.2) is 4.39 Å². The van der Waals surface area contributed by atoms with Gasteiger partial charge in [-0.2, -0.15) is 0 Å². The van der Waals surface area contributed by atoms with Crippen LogP contribution >= 0.6 is 0 Å². The maximum absolute atomic E-state index is 12.9. The summed E-state index contributed by atoms with van der Waals surface area (Å²) < 4.78 is 12.9. The third kappa shape index (κ3) is 4.03. The second-order valence-corrected chi connectivity index (χ2v) is 6.07. The van der Waals surface area contributed by atoms with Crippen LogP contribution in [0.5, 0.6) is 0 Å². The van der Waals surface area contributed by atoms with Crippen molar-refractivity contribution in [3.05, 3.63) is 35.6 Å². The molecule has 0 bridgehead atoms. The third-order valence-electron chi connectivity index (χ3n) is 3.77. The van der Waals surface area contributed by atoms with Crippen LogP contribution in [0, 0.1) is 11.7 Å². The number of nitrogens with one attached hydrogen (secondary N) is 2. The van der Waals surface area contributed by atoms with Gasteiger partial charge < -0.3 is 10.6 Å². The zero-order valence-electron chi connectivity index (χ0n) is 12.4. The molecule has 2 rings (SSSR count). The van der Waals surface area contributed by atoms with Crippen molar-refractivity contribution in [3.63, 3.8) is 0 Å². The fourth-order valence-corrected chi connectivity index (χ4v) is 2.23. The number of benzene rings is 1. The third-order valence-corrected chi connectivity index (χ3v) is 3.77. The quantitative estimate of drug-likeness (QED) is 0.812. The Kier molecular flexibility index (Phi) is 4.60. The van der Waals surface area contributed by atoms with Crippen molar-refractivity contribution < 1.29 is 14.0 Å². The smallest absolute Gasteiger partial charge is 0.309 e. The van der Waals surface area contributed by atoms with Crippen LogP contribution in [0.1, 0.15) is 32.3 Å². The zero-order valence-corrected chi connectivity index (χ0v) is 12.4. The number of halogens is 1. The first kappa shape index (κ1) is 15.5. The van der Waals surface area contributed by atoms with Gasteiger partial charge in [-0.05, 0) is 36.5 Å². The van der Waals surface area contributed by atoms with E-state index in [9.17, 15) is 14.0 Å². The van der Waals surface area contributed by atoms with Crippen LogP contribution in [0.25, 0.3) is 0 Å². The highest BCUT2D eigenvalue weighted by Crippen LogP contribution is 2.47. The van der Waals surface area contributed by atoms with Gasteiger partial charge in [0.25, 0.3) is 0 Å². The molecule has 5 heteroatoms. The van der Waals surface area contributed by atoms with Gasteiger partial charge in [0, 0.05) is 18.5 Å². The largest absolute Gasteiger partial charge is 0.348 e. The number of amides is 2. The minimum Gasteiger partial charge on any atom is -0.348 e. The SMILES string of the molecule is CC(C)CNC(=O)C(=O)NCC1(c2ccc(F)cc2)CC1. The lowest BCUT2D eigenvalue weighted by Gasteiger charge is -2.16. The Morgan fingerprint density at radius 1 is 1.14 bits per heavy atom. The molecule has 0 aliphatic heterocycles. The Morgan fingerprint density at radius 3 is 2.24 bits per heavy atom. The van der Waals surface area contributed by atoms with Gasteiger partial charge in [0.05, 0.1) is 0 Å². The summed E-state index contributed by atoms with van der Waals surface area (Å²) >= 11 is 0. The van der Waals surface area contributed by atoms with E-state index in [2.05, 4.69) is 10.6 Å². The molecule has 0 unspecified atom stereocenters. The lowest BCUT2D eigenvalue weighted by atomic mass is 9.96. The van der Waals surface area contributed by atoms with E-state index in [0.29, 0.717) is 19.0 Å². The Morgan fingerprint density at radius 2 is 1.71 bits per heavy atom. The van der Waals surface area contributed by atoms with Crippen molar-refractivity contribution in [1.82, 2.24) is 10.6 Å². The molecule has 1 aromatic carbocycles. The fraction of sp³-hybridized carbons (Fsp3) is 0.500. The standard InChI is InChI=1S/C16H21FN2O2/c1-11(2)9-18-14(20)15(21)19-10-16(7-8-16)12-3-5-13(17)6-4-12/h3-6,11H,7-10H2,1-2H3,(H,18,20)(H,19,21). The summed E-state index contributed by atoms with van der Waals surface area (Å²) in [5.41, 5.74) is 0.869. The molecule has 0 spiro atoms. The van der Waals surface area contributed by atoms with Gasteiger partial charge in [-0.15, -0.1) is 0 Å². The van der Waals surface area contributed by atoms with E-state index in [1.54, 1.807) is 12.1 Å². The first-order valence-electron chi connectivity index (χ1n) is 7.25. The van der Waals surface area contributed by atoms with E-state index in [1.807, 2.05) is 13.8 Å². The maximum atomic E-state index is 12.9. The molecule has 21 heavy (non-hydrogen) atoms. The highest BCUT2D eigenvalue weighted by Gasteiger charge is 2.44. The van der Waals surface area contributed by atoms with Crippen molar-refractivity contribution in [3.8, 4) is 0 Å². The van der Waals surface area contributed by atoms with Gasteiger partial charge in [0.1, 0.15) is 5.82 Å². The lowest BCUT2D eigenvalue weighted by Crippen LogP contribution is -2.43. The van der Waals surface area contributed by atoms with Crippen LogP contribution in [0.2, 0.25) is 0 Å². The molecule has 0 saturated heterocycles. The first-order valence-corrected chi connectivity index (χ1v) is 7.25. The monoisotopic (exact) mass is 292 g/mol. The summed E-state index contributed by atoms with van der Waals surface area (Å²) in [6.45, 7) is 4.82.